The van der Waals surface area contributed by atoms with Crippen molar-refractivity contribution < 1.29 is 55.9 Å². The summed E-state index contributed by atoms with van der Waals surface area (Å²) in [6, 6.07) is 20.1. The summed E-state index contributed by atoms with van der Waals surface area (Å²) < 4.78 is 36.4. The zero-order chi connectivity index (χ0) is 14.7. The molecule has 4 nitrogen and oxygen atoms in total. The molecule has 0 bridgehead atoms. The van der Waals surface area contributed by atoms with Gasteiger partial charge in [0.05, 0.1) is 0 Å². The number of hydrogen-bond acceptors (Lipinski definition) is 4. The monoisotopic (exact) mass is 530 g/mol. The third kappa shape index (κ3) is 25.8. The Morgan fingerprint density at radius 3 is 0.952 bits per heavy atom. The fraction of sp³-hybridized carbons (Fsp3) is 0. The Morgan fingerprint density at radius 1 is 0.667 bits per heavy atom. The number of rotatable bonds is 0. The molecule has 0 fully saturated rings. The molecule has 2 aromatic carbocycles. The molecule has 0 radical (unpaired) electrons. The van der Waals surface area contributed by atoms with Gasteiger partial charge in [-0.3, -0.25) is 8.42 Å². The molecule has 0 spiro atoms. The molecular weight excluding hydrogens is 515 g/mol. The summed E-state index contributed by atoms with van der Waals surface area (Å²) >= 11 is 6.13. The van der Waals surface area contributed by atoms with Crippen LogP contribution in [0.25, 0.3) is 0 Å². The number of hydrogen-bond donors (Lipinski definition) is 0. The molecule has 0 heterocycles. The van der Waals surface area contributed by atoms with Gasteiger partial charge in [-0.2, -0.15) is 19.8 Å². The normalized spacial score (nSPS) is 8.67. The third-order valence-corrected chi connectivity index (χ3v) is 2.46. The van der Waals surface area contributed by atoms with Gasteiger partial charge in [0.25, 0.3) is 0 Å². The molecule has 0 aliphatic rings. The molecule has 0 aliphatic heterocycles. The summed E-state index contributed by atoms with van der Waals surface area (Å²) in [5.41, 5.74) is 0. The van der Waals surface area contributed by atoms with E-state index >= 15 is 0 Å². The fourth-order valence-electron chi connectivity index (χ4n) is 0.806. The molecule has 0 aromatic heterocycles. The van der Waals surface area contributed by atoms with Crippen LogP contribution >= 0.6 is 19.8 Å². The maximum atomic E-state index is 8.52. The zero-order valence-electron chi connectivity index (χ0n) is 10.9. The van der Waals surface area contributed by atoms with E-state index in [1.165, 1.54) is 8.07 Å². The summed E-state index contributed by atoms with van der Waals surface area (Å²) in [5.74, 6) is 0. The van der Waals surface area contributed by atoms with Gasteiger partial charge in [-0.15, -0.1) is 0 Å². The van der Waals surface area contributed by atoms with Crippen LogP contribution in [0.5, 0.6) is 0 Å². The van der Waals surface area contributed by atoms with Crippen molar-refractivity contribution in [3.8, 4) is 0 Å². The summed E-state index contributed by atoms with van der Waals surface area (Å²) in [4.78, 5) is 0. The molecule has 0 saturated carbocycles. The van der Waals surface area contributed by atoms with Gasteiger partial charge in [-0.25, -0.2) is 0 Å². The van der Waals surface area contributed by atoms with Gasteiger partial charge in [0.2, 0.25) is 0 Å². The van der Waals surface area contributed by atoms with Gasteiger partial charge in [0.15, 0.2) is 0 Å². The van der Waals surface area contributed by atoms with Gasteiger partial charge in [0, 0.05) is 10.4 Å². The second kappa shape index (κ2) is 15.4. The molecule has 21 heavy (non-hydrogen) atoms. The molecule has 2 aromatic rings. The zero-order valence-corrected chi connectivity index (χ0v) is 17.6. The molecule has 9 heteroatoms. The molecule has 0 amide bonds. The van der Waals surface area contributed by atoms with Gasteiger partial charge < -0.3 is 9.11 Å². The van der Waals surface area contributed by atoms with Gasteiger partial charge in [-0.1, -0.05) is 0 Å². The molecule has 0 aliphatic carbocycles. The van der Waals surface area contributed by atoms with Crippen LogP contribution in [-0.2, 0) is 48.8 Å². The third-order valence-electron chi connectivity index (χ3n) is 1.43. The van der Waals surface area contributed by atoms with E-state index in [-0.39, 0.29) is 19.8 Å². The Hall–Kier alpha value is 0.495. The van der Waals surface area contributed by atoms with Crippen LogP contribution < -0.4 is 8.07 Å². The molecular formula is C12H16O4P2Pd2S. The van der Waals surface area contributed by atoms with E-state index in [2.05, 4.69) is 38.4 Å². The molecule has 2 rings (SSSR count). The Kier molecular flexibility index (Phi) is 19.3. The molecule has 2 atom stereocenters. The predicted octanol–water partition coefficient (Wildman–Crippen LogP) is 0.496. The van der Waals surface area contributed by atoms with Crippen molar-refractivity contribution in [2.24, 2.45) is 0 Å². The summed E-state index contributed by atoms with van der Waals surface area (Å²) in [5, 5.41) is 0. The van der Waals surface area contributed by atoms with Crippen LogP contribution in [0.2, 0.25) is 0 Å². The van der Waals surface area contributed by atoms with Crippen molar-refractivity contribution in [2.75, 3.05) is 0 Å². The summed E-state index contributed by atoms with van der Waals surface area (Å²) in [6.07, 6.45) is 0. The first kappa shape index (κ1) is 26.4. The van der Waals surface area contributed by atoms with Crippen molar-refractivity contribution in [3.63, 3.8) is 0 Å². The topological polar surface area (TPSA) is 80.3 Å². The second-order valence-electron chi connectivity index (χ2n) is 2.93. The van der Waals surface area contributed by atoms with Crippen molar-refractivity contribution in [1.82, 2.24) is 0 Å². The average Bonchev–Trinajstić information content (AvgIpc) is 2.29. The van der Waals surface area contributed by atoms with Crippen LogP contribution in [0.3, 0.4) is 0 Å². The van der Waals surface area contributed by atoms with Gasteiger partial charge in [0.1, 0.15) is 0 Å². The Labute approximate surface area is 154 Å². The van der Waals surface area contributed by atoms with Crippen molar-refractivity contribution in [1.29, 1.82) is 0 Å². The van der Waals surface area contributed by atoms with E-state index in [4.69, 9.17) is 17.5 Å². The van der Waals surface area contributed by atoms with Gasteiger partial charge in [-0.05, 0) is 0 Å². The SMILES string of the molecule is O=S(=O)([O-])[O-].P.P.[Pd+][c]1ccccc1.[Pd+][c]1ccccc1. The first-order chi connectivity index (χ1) is 8.79. The maximum absolute atomic E-state index is 8.52. The van der Waals surface area contributed by atoms with Crippen LogP contribution in [0, 0.1) is 0 Å². The standard InChI is InChI=1S/2C6H5.H2O4S.2H3P.2Pd/c2*1-2-4-6-5-3-1;1-5(2,3)4;;;;/h2*1-5H;(H2,1,2,3,4);2*1H3;;/q;;;;;2*+1/p-2. The quantitative estimate of drug-likeness (QED) is 0.215. The van der Waals surface area contributed by atoms with Crippen molar-refractivity contribution >= 4 is 38.3 Å². The first-order valence-electron chi connectivity index (χ1n) is 4.80. The average molecular weight is 531 g/mol. The Bertz CT molecular complexity index is 508. The molecule has 124 valence electrons. The Morgan fingerprint density at radius 2 is 0.857 bits per heavy atom. The van der Waals surface area contributed by atoms with Gasteiger partial charge >= 0.3 is 107 Å². The molecule has 0 N–H and O–H groups in total. The summed E-state index contributed by atoms with van der Waals surface area (Å²) in [6.45, 7) is 0. The van der Waals surface area contributed by atoms with E-state index in [1.807, 2.05) is 60.7 Å². The van der Waals surface area contributed by atoms with E-state index in [0.29, 0.717) is 0 Å². The fourth-order valence-corrected chi connectivity index (χ4v) is 1.40. The van der Waals surface area contributed by atoms with E-state index in [0.717, 1.165) is 0 Å². The molecule has 0 saturated heterocycles. The second-order valence-corrected chi connectivity index (χ2v) is 5.54. The Balaban J connectivity index is -0.000000225. The van der Waals surface area contributed by atoms with Crippen molar-refractivity contribution in [2.45, 2.75) is 0 Å². The van der Waals surface area contributed by atoms with E-state index in [9.17, 15) is 0 Å². The summed E-state index contributed by atoms with van der Waals surface area (Å²) in [7, 11) is -5.17. The number of benzene rings is 2. The van der Waals surface area contributed by atoms with E-state index < -0.39 is 10.4 Å². The predicted molar refractivity (Wildman–Crippen MR) is 84.8 cm³/mol. The van der Waals surface area contributed by atoms with Crippen molar-refractivity contribution in [3.05, 3.63) is 60.7 Å². The first-order valence-corrected chi connectivity index (χ1v) is 7.69. The van der Waals surface area contributed by atoms with Crippen LogP contribution in [0.15, 0.2) is 60.7 Å². The van der Waals surface area contributed by atoms with Crippen LogP contribution in [-0.4, -0.2) is 17.5 Å². The minimum absolute atomic E-state index is 0. The molecule has 2 unspecified atom stereocenters. The minimum atomic E-state index is -5.17. The van der Waals surface area contributed by atoms with E-state index in [1.54, 1.807) is 0 Å². The van der Waals surface area contributed by atoms with Crippen LogP contribution in [0.1, 0.15) is 0 Å². The van der Waals surface area contributed by atoms with Crippen LogP contribution in [0.4, 0.5) is 0 Å².